The van der Waals surface area contributed by atoms with Crippen LogP contribution in [0.1, 0.15) is 0 Å². The lowest BCUT2D eigenvalue weighted by Gasteiger charge is -2.44. The summed E-state index contributed by atoms with van der Waals surface area (Å²) in [7, 11) is 0. The number of aromatic amines is 1. The van der Waals surface area contributed by atoms with Crippen LogP contribution in [0.15, 0.2) is 30.3 Å². The zero-order chi connectivity index (χ0) is 16.6. The number of halogens is 2. The monoisotopic (exact) mass is 451 g/mol. The molecule has 4 N–H and O–H groups in total. The number of aliphatic hydroxyl groups is 3. The summed E-state index contributed by atoms with van der Waals surface area (Å²) in [6, 6.07) is 9.28. The third-order valence-electron chi connectivity index (χ3n) is 3.72. The van der Waals surface area contributed by atoms with E-state index in [1.807, 2.05) is 24.3 Å². The second kappa shape index (κ2) is 6.67. The van der Waals surface area contributed by atoms with E-state index in [0.29, 0.717) is 5.88 Å². The van der Waals surface area contributed by atoms with E-state index in [-0.39, 0.29) is 6.61 Å². The molecule has 1 aromatic carbocycles. The Morgan fingerprint density at radius 3 is 2.70 bits per heavy atom. The van der Waals surface area contributed by atoms with Gasteiger partial charge in [-0.2, -0.15) is 0 Å². The van der Waals surface area contributed by atoms with Crippen molar-refractivity contribution in [3.8, 4) is 5.88 Å². The van der Waals surface area contributed by atoms with Crippen molar-refractivity contribution >= 4 is 43.1 Å². The smallest absolute Gasteiger partial charge is 0.192 e. The Balaban J connectivity index is 1.86. The number of hydrogen-bond donors (Lipinski definition) is 4. The Morgan fingerprint density at radius 2 is 2.00 bits per heavy atom. The van der Waals surface area contributed by atoms with E-state index in [4.69, 9.17) is 13.3 Å². The molecule has 0 spiro atoms. The van der Waals surface area contributed by atoms with E-state index in [1.165, 1.54) is 0 Å². The van der Waals surface area contributed by atoms with Crippen molar-refractivity contribution in [3.05, 3.63) is 30.3 Å². The molecule has 23 heavy (non-hydrogen) atoms. The van der Waals surface area contributed by atoms with Crippen LogP contribution in [-0.2, 0) is 8.57 Å². The number of rotatable bonds is 4. The van der Waals surface area contributed by atoms with E-state index >= 15 is 0 Å². The fourth-order valence-electron chi connectivity index (χ4n) is 2.52. The highest BCUT2D eigenvalue weighted by Crippen LogP contribution is 2.37. The number of fused-ring (bicyclic) bond motifs is 1. The highest BCUT2D eigenvalue weighted by molar-refractivity contribution is 9.10. The number of benzene rings is 1. The molecule has 0 unspecified atom stereocenters. The van der Waals surface area contributed by atoms with Gasteiger partial charge in [0.1, 0.15) is 18.8 Å². The molecule has 1 saturated heterocycles. The van der Waals surface area contributed by atoms with Gasteiger partial charge < -0.3 is 33.6 Å². The lowest BCUT2D eigenvalue weighted by Crippen LogP contribution is -2.65. The number of aromatic nitrogens is 1. The third-order valence-corrected chi connectivity index (χ3v) is 4.83. The van der Waals surface area contributed by atoms with Crippen molar-refractivity contribution in [2.24, 2.45) is 0 Å². The van der Waals surface area contributed by atoms with Crippen molar-refractivity contribution in [2.75, 3.05) is 6.61 Å². The SMILES string of the molecule is O[C@@H]1[C@@H](Oc2cc3ccccc3[nH]2)[C@@H](O)[C@@](Br)(COBr)O[C@H]1O. The summed E-state index contributed by atoms with van der Waals surface area (Å²) in [4.78, 5) is 3.04. The molecule has 1 fully saturated rings. The van der Waals surface area contributed by atoms with Gasteiger partial charge in [0.15, 0.2) is 22.8 Å². The van der Waals surface area contributed by atoms with E-state index < -0.39 is 29.1 Å². The molecule has 0 bridgehead atoms. The summed E-state index contributed by atoms with van der Waals surface area (Å²) >= 11 is 5.97. The van der Waals surface area contributed by atoms with Crippen LogP contribution < -0.4 is 4.74 Å². The quantitative estimate of drug-likeness (QED) is 0.523. The van der Waals surface area contributed by atoms with Crippen molar-refractivity contribution in [2.45, 2.75) is 29.1 Å². The van der Waals surface area contributed by atoms with Gasteiger partial charge in [-0.25, -0.2) is 0 Å². The fourth-order valence-corrected chi connectivity index (χ4v) is 3.73. The number of nitrogens with one attached hydrogen (secondary N) is 1. The second-order valence-corrected chi connectivity index (χ2v) is 7.09. The Morgan fingerprint density at radius 1 is 1.26 bits per heavy atom. The molecule has 0 saturated carbocycles. The molecule has 3 rings (SSSR count). The number of ether oxygens (including phenoxy) is 2. The molecule has 7 nitrogen and oxygen atoms in total. The van der Waals surface area contributed by atoms with Crippen molar-refractivity contribution in [3.63, 3.8) is 0 Å². The highest BCUT2D eigenvalue weighted by atomic mass is 79.9. The minimum Gasteiger partial charge on any atom is -0.470 e. The topological polar surface area (TPSA) is 104 Å². The number of alkyl halides is 1. The van der Waals surface area contributed by atoms with Crippen LogP contribution in [-0.4, -0.2) is 56.0 Å². The molecular formula is C14H15Br2NO6. The predicted octanol–water partition coefficient (Wildman–Crippen LogP) is 1.40. The Kier molecular flexibility index (Phi) is 4.98. The van der Waals surface area contributed by atoms with Crippen LogP contribution in [0.4, 0.5) is 0 Å². The van der Waals surface area contributed by atoms with E-state index in [2.05, 4.69) is 37.2 Å². The summed E-state index contributed by atoms with van der Waals surface area (Å²) in [6.45, 7) is -0.121. The molecule has 0 amide bonds. The van der Waals surface area contributed by atoms with Gasteiger partial charge in [0.05, 0.1) is 16.3 Å². The Hall–Kier alpha value is -0.680. The van der Waals surface area contributed by atoms with Gasteiger partial charge in [-0.05, 0) is 22.0 Å². The maximum atomic E-state index is 10.5. The van der Waals surface area contributed by atoms with E-state index in [9.17, 15) is 15.3 Å². The third kappa shape index (κ3) is 3.27. The molecule has 0 radical (unpaired) electrons. The van der Waals surface area contributed by atoms with Gasteiger partial charge in [-0.1, -0.05) is 18.2 Å². The highest BCUT2D eigenvalue weighted by Gasteiger charge is 2.54. The summed E-state index contributed by atoms with van der Waals surface area (Å²) in [6.07, 6.45) is -5.41. The first-order valence-electron chi connectivity index (χ1n) is 6.83. The van der Waals surface area contributed by atoms with Crippen LogP contribution in [0.2, 0.25) is 0 Å². The molecule has 9 heteroatoms. The minimum atomic E-state index is -1.55. The maximum Gasteiger partial charge on any atom is 0.192 e. The second-order valence-electron chi connectivity index (χ2n) is 5.29. The van der Waals surface area contributed by atoms with Gasteiger partial charge in [0.25, 0.3) is 0 Å². The van der Waals surface area contributed by atoms with E-state index in [0.717, 1.165) is 10.9 Å². The normalized spacial score (nSPS) is 34.7. The molecule has 126 valence electrons. The first kappa shape index (κ1) is 17.2. The Labute approximate surface area is 148 Å². The van der Waals surface area contributed by atoms with Gasteiger partial charge >= 0.3 is 0 Å². The van der Waals surface area contributed by atoms with Crippen LogP contribution in [0.25, 0.3) is 10.9 Å². The van der Waals surface area contributed by atoms with Gasteiger partial charge in [0.2, 0.25) is 0 Å². The minimum absolute atomic E-state index is 0.121. The Bertz CT molecular complexity index is 649. The van der Waals surface area contributed by atoms with E-state index in [1.54, 1.807) is 6.07 Å². The summed E-state index contributed by atoms with van der Waals surface area (Å²) in [5, 5.41) is 31.4. The molecule has 2 heterocycles. The maximum absolute atomic E-state index is 10.5. The molecule has 1 aliphatic heterocycles. The summed E-state index contributed by atoms with van der Waals surface area (Å²) in [5.41, 5.74) is 0.855. The number of H-pyrrole nitrogens is 1. The van der Waals surface area contributed by atoms with Crippen LogP contribution >= 0.6 is 32.2 Å². The molecule has 1 aliphatic rings. The lowest BCUT2D eigenvalue weighted by molar-refractivity contribution is -0.289. The molecule has 0 aliphatic carbocycles. The van der Waals surface area contributed by atoms with Crippen molar-refractivity contribution < 1.29 is 28.6 Å². The molecular weight excluding hydrogens is 438 g/mol. The molecule has 5 atom stereocenters. The fraction of sp³-hybridized carbons (Fsp3) is 0.429. The molecule has 2 aromatic rings. The summed E-state index contributed by atoms with van der Waals surface area (Å²) in [5.74, 6) is 0.359. The number of aliphatic hydroxyl groups excluding tert-OH is 3. The van der Waals surface area contributed by atoms with Gasteiger partial charge in [0, 0.05) is 17.0 Å². The van der Waals surface area contributed by atoms with Crippen LogP contribution in [0, 0.1) is 0 Å². The average molecular weight is 453 g/mol. The largest absolute Gasteiger partial charge is 0.470 e. The first-order valence-corrected chi connectivity index (χ1v) is 8.27. The lowest BCUT2D eigenvalue weighted by atomic mass is 9.99. The number of para-hydroxylation sites is 1. The average Bonchev–Trinajstić information content (AvgIpc) is 2.92. The summed E-state index contributed by atoms with van der Waals surface area (Å²) < 4.78 is 14.3. The standard InChI is InChI=1S/C14H15Br2NO6/c15-14(6-21-16)12(19)11(10(18)13(20)23-14)22-9-5-7-3-1-2-4-8(7)17-9/h1-5,10-13,17-20H,6H2/t10-,11-,12-,13-,14-/m1/s1. The zero-order valence-corrected chi connectivity index (χ0v) is 14.9. The predicted molar refractivity (Wildman–Crippen MR) is 88.4 cm³/mol. The zero-order valence-electron chi connectivity index (χ0n) is 11.7. The van der Waals surface area contributed by atoms with Gasteiger partial charge in [-0.15, -0.1) is 0 Å². The van der Waals surface area contributed by atoms with Crippen LogP contribution in [0.5, 0.6) is 5.88 Å². The first-order chi connectivity index (χ1) is 10.9. The van der Waals surface area contributed by atoms with Crippen molar-refractivity contribution in [1.82, 2.24) is 4.98 Å². The number of hydrogen-bond acceptors (Lipinski definition) is 6. The van der Waals surface area contributed by atoms with Crippen molar-refractivity contribution in [1.29, 1.82) is 0 Å². The van der Waals surface area contributed by atoms with Crippen LogP contribution in [0.3, 0.4) is 0 Å². The van der Waals surface area contributed by atoms with Gasteiger partial charge in [-0.3, -0.25) is 0 Å². The molecule has 1 aromatic heterocycles.